The van der Waals surface area contributed by atoms with Gasteiger partial charge in [-0.1, -0.05) is 0 Å². The lowest BCUT2D eigenvalue weighted by atomic mass is 10.0. The molecule has 0 aromatic carbocycles. The van der Waals surface area contributed by atoms with Crippen LogP contribution in [0.2, 0.25) is 0 Å². The molecule has 1 aliphatic heterocycles. The highest BCUT2D eigenvalue weighted by Gasteiger charge is 2.25. The summed E-state index contributed by atoms with van der Waals surface area (Å²) in [6.07, 6.45) is 3.12. The molecule has 0 unspecified atom stereocenters. The average molecular weight is 277 g/mol. The van der Waals surface area contributed by atoms with E-state index in [1.807, 2.05) is 0 Å². The van der Waals surface area contributed by atoms with Gasteiger partial charge in [-0.15, -0.1) is 0 Å². The second-order valence-electron chi connectivity index (χ2n) is 5.19. The number of carbonyl (C=O) groups excluding carboxylic acids is 1. The predicted octanol–water partition coefficient (Wildman–Crippen LogP) is 0.946. The van der Waals surface area contributed by atoms with E-state index in [9.17, 15) is 9.59 Å². The zero-order valence-electron chi connectivity index (χ0n) is 11.7. The number of hydrogen-bond donors (Lipinski definition) is 1. The zero-order chi connectivity index (χ0) is 14.7. The van der Waals surface area contributed by atoms with E-state index in [2.05, 4.69) is 16.9 Å². The van der Waals surface area contributed by atoms with Crippen LogP contribution in [0.25, 0.3) is 0 Å². The Morgan fingerprint density at radius 3 is 2.50 bits per heavy atom. The van der Waals surface area contributed by atoms with Crippen LogP contribution in [0.4, 0.5) is 0 Å². The fourth-order valence-electron chi connectivity index (χ4n) is 2.38. The van der Waals surface area contributed by atoms with E-state index in [0.29, 0.717) is 0 Å². The lowest BCUT2D eigenvalue weighted by molar-refractivity contribution is 0.0649. The van der Waals surface area contributed by atoms with E-state index < -0.39 is 5.97 Å². The average Bonchev–Trinajstić information content (AvgIpc) is 2.46. The number of hydrogen-bond acceptors (Lipinski definition) is 4. The number of carbonyl (C=O) groups is 2. The van der Waals surface area contributed by atoms with Gasteiger partial charge >= 0.3 is 5.97 Å². The van der Waals surface area contributed by atoms with Gasteiger partial charge in [-0.25, -0.2) is 4.79 Å². The Morgan fingerprint density at radius 2 is 2.00 bits per heavy atom. The number of nitrogens with zero attached hydrogens (tertiary/aromatic N) is 3. The van der Waals surface area contributed by atoms with E-state index in [0.717, 1.165) is 25.9 Å². The van der Waals surface area contributed by atoms with Crippen molar-refractivity contribution in [1.82, 2.24) is 14.8 Å². The summed E-state index contributed by atoms with van der Waals surface area (Å²) in [7, 11) is 3.86. The largest absolute Gasteiger partial charge is 0.478 e. The zero-order valence-corrected chi connectivity index (χ0v) is 11.7. The Hall–Kier alpha value is -1.95. The van der Waals surface area contributed by atoms with Crippen molar-refractivity contribution in [2.75, 3.05) is 27.2 Å². The summed E-state index contributed by atoms with van der Waals surface area (Å²) < 4.78 is 0. The lowest BCUT2D eigenvalue weighted by Gasteiger charge is -2.34. The molecule has 108 valence electrons. The smallest absolute Gasteiger partial charge is 0.337 e. The minimum Gasteiger partial charge on any atom is -0.478 e. The van der Waals surface area contributed by atoms with Gasteiger partial charge < -0.3 is 14.9 Å². The summed E-state index contributed by atoms with van der Waals surface area (Å²) in [6, 6.07) is 3.10. The van der Waals surface area contributed by atoms with E-state index in [1.165, 1.54) is 18.3 Å². The molecule has 0 radical (unpaired) electrons. The van der Waals surface area contributed by atoms with Gasteiger partial charge in [-0.3, -0.25) is 9.78 Å². The van der Waals surface area contributed by atoms with Crippen LogP contribution in [0, 0.1) is 0 Å². The van der Waals surface area contributed by atoms with Gasteiger partial charge in [0.15, 0.2) is 0 Å². The van der Waals surface area contributed by atoms with Crippen molar-refractivity contribution in [3.8, 4) is 0 Å². The van der Waals surface area contributed by atoms with Crippen LogP contribution in [-0.2, 0) is 0 Å². The minimum absolute atomic E-state index is 0.0866. The molecular formula is C14H19N3O3. The Balaban J connectivity index is 2.04. The molecule has 1 saturated heterocycles. The SMILES string of the molecule is CN1CCC(N(C)C(=O)c2ccc(C(=O)O)cn2)CC1. The highest BCUT2D eigenvalue weighted by molar-refractivity contribution is 5.93. The molecule has 2 heterocycles. The number of aromatic carboxylic acids is 1. The lowest BCUT2D eigenvalue weighted by Crippen LogP contribution is -2.44. The number of aromatic nitrogens is 1. The van der Waals surface area contributed by atoms with Crippen LogP contribution in [0.3, 0.4) is 0 Å². The van der Waals surface area contributed by atoms with Crippen molar-refractivity contribution in [2.24, 2.45) is 0 Å². The maximum atomic E-state index is 12.3. The molecule has 1 amide bonds. The quantitative estimate of drug-likeness (QED) is 0.890. The minimum atomic E-state index is -1.04. The molecule has 0 saturated carbocycles. The molecule has 1 aliphatic rings. The van der Waals surface area contributed by atoms with Crippen LogP contribution < -0.4 is 0 Å². The molecule has 2 rings (SSSR count). The van der Waals surface area contributed by atoms with Gasteiger partial charge in [0, 0.05) is 19.3 Å². The van der Waals surface area contributed by atoms with Crippen molar-refractivity contribution in [2.45, 2.75) is 18.9 Å². The predicted molar refractivity (Wildman–Crippen MR) is 73.8 cm³/mol. The maximum absolute atomic E-state index is 12.3. The molecule has 6 heteroatoms. The number of carboxylic acids is 1. The highest BCUT2D eigenvalue weighted by Crippen LogP contribution is 2.16. The highest BCUT2D eigenvalue weighted by atomic mass is 16.4. The summed E-state index contributed by atoms with van der Waals surface area (Å²) in [5, 5.41) is 8.81. The second kappa shape index (κ2) is 6.00. The van der Waals surface area contributed by atoms with Crippen LogP contribution in [0.5, 0.6) is 0 Å². The first-order valence-electron chi connectivity index (χ1n) is 6.64. The summed E-state index contributed by atoms with van der Waals surface area (Å²) >= 11 is 0. The first kappa shape index (κ1) is 14.5. The normalized spacial score (nSPS) is 16.9. The third-order valence-corrected chi connectivity index (χ3v) is 3.79. The van der Waals surface area contributed by atoms with E-state index in [-0.39, 0.29) is 23.2 Å². The molecule has 0 aliphatic carbocycles. The third kappa shape index (κ3) is 3.14. The topological polar surface area (TPSA) is 73.7 Å². The third-order valence-electron chi connectivity index (χ3n) is 3.79. The van der Waals surface area contributed by atoms with E-state index in [1.54, 1.807) is 11.9 Å². The van der Waals surface area contributed by atoms with Crippen molar-refractivity contribution in [1.29, 1.82) is 0 Å². The molecule has 0 atom stereocenters. The summed E-state index contributed by atoms with van der Waals surface area (Å²) in [5.41, 5.74) is 0.375. The molecule has 1 N–H and O–H groups in total. The number of piperidine rings is 1. The number of likely N-dealkylation sites (tertiary alicyclic amines) is 1. The molecule has 20 heavy (non-hydrogen) atoms. The van der Waals surface area contributed by atoms with Crippen LogP contribution in [0.15, 0.2) is 18.3 Å². The van der Waals surface area contributed by atoms with Gasteiger partial charge in [0.05, 0.1) is 5.56 Å². The Labute approximate surface area is 118 Å². The summed E-state index contributed by atoms with van der Waals surface area (Å²) in [6.45, 7) is 1.96. The molecular weight excluding hydrogens is 258 g/mol. The van der Waals surface area contributed by atoms with E-state index >= 15 is 0 Å². The fourth-order valence-corrected chi connectivity index (χ4v) is 2.38. The molecule has 1 fully saturated rings. The number of amides is 1. The van der Waals surface area contributed by atoms with Gasteiger partial charge in [-0.05, 0) is 45.1 Å². The van der Waals surface area contributed by atoms with Crippen molar-refractivity contribution in [3.63, 3.8) is 0 Å². The van der Waals surface area contributed by atoms with Crippen molar-refractivity contribution >= 4 is 11.9 Å². The second-order valence-corrected chi connectivity index (χ2v) is 5.19. The van der Waals surface area contributed by atoms with Crippen LogP contribution >= 0.6 is 0 Å². The molecule has 1 aromatic rings. The van der Waals surface area contributed by atoms with Crippen LogP contribution in [-0.4, -0.2) is 65.0 Å². The van der Waals surface area contributed by atoms with Gasteiger partial charge in [0.2, 0.25) is 0 Å². The van der Waals surface area contributed by atoms with Crippen molar-refractivity contribution < 1.29 is 14.7 Å². The molecule has 0 spiro atoms. The van der Waals surface area contributed by atoms with E-state index in [4.69, 9.17) is 5.11 Å². The monoisotopic (exact) mass is 277 g/mol. The fraction of sp³-hybridized carbons (Fsp3) is 0.500. The first-order chi connectivity index (χ1) is 9.49. The Bertz CT molecular complexity index is 493. The molecule has 1 aromatic heterocycles. The standard InChI is InChI=1S/C14H19N3O3/c1-16-7-5-11(6-8-16)17(2)13(18)12-4-3-10(9-15-12)14(19)20/h3-4,9,11H,5-8H2,1-2H3,(H,19,20). The number of pyridine rings is 1. The van der Waals surface area contributed by atoms with Gasteiger partial charge in [0.25, 0.3) is 5.91 Å². The summed E-state index contributed by atoms with van der Waals surface area (Å²) in [5.74, 6) is -1.20. The summed E-state index contributed by atoms with van der Waals surface area (Å²) in [4.78, 5) is 31.0. The van der Waals surface area contributed by atoms with Crippen molar-refractivity contribution in [3.05, 3.63) is 29.6 Å². The maximum Gasteiger partial charge on any atom is 0.337 e. The van der Waals surface area contributed by atoms with Gasteiger partial charge in [-0.2, -0.15) is 0 Å². The Morgan fingerprint density at radius 1 is 1.35 bits per heavy atom. The number of rotatable bonds is 3. The first-order valence-corrected chi connectivity index (χ1v) is 6.64. The molecule has 6 nitrogen and oxygen atoms in total. The number of carboxylic acid groups (broad SMARTS) is 1. The molecule has 0 bridgehead atoms. The Kier molecular flexibility index (Phi) is 4.34. The van der Waals surface area contributed by atoms with Crippen LogP contribution in [0.1, 0.15) is 33.7 Å². The van der Waals surface area contributed by atoms with Gasteiger partial charge in [0.1, 0.15) is 5.69 Å².